The number of aryl methyl sites for hydroxylation is 2. The summed E-state index contributed by atoms with van der Waals surface area (Å²) in [6.07, 6.45) is 0. The number of benzene rings is 1. The third-order valence-corrected chi connectivity index (χ3v) is 3.64. The molecule has 0 aliphatic heterocycles. The maximum atomic E-state index is 8.73. The molecule has 0 bridgehead atoms. The van der Waals surface area contributed by atoms with E-state index in [0.29, 0.717) is 6.61 Å². The fraction of sp³-hybridized carbons (Fsp3) is 0.250. The number of rotatable bonds is 3. The van der Waals surface area contributed by atoms with Gasteiger partial charge < -0.3 is 9.84 Å². The highest BCUT2D eigenvalue weighted by atomic mass is 32.1. The molecule has 1 heterocycles. The molecule has 2 nitrogen and oxygen atoms in total. The summed E-state index contributed by atoms with van der Waals surface area (Å²) in [5.41, 5.74) is 3.25. The van der Waals surface area contributed by atoms with E-state index in [-0.39, 0.29) is 6.61 Å². The molecular formula is C16H16O2S. The minimum Gasteiger partial charge on any atom is -0.488 e. The van der Waals surface area contributed by atoms with Crippen LogP contribution in [0.2, 0.25) is 0 Å². The number of thiophene rings is 1. The second-order valence-electron chi connectivity index (χ2n) is 4.27. The molecular weight excluding hydrogens is 256 g/mol. The largest absolute Gasteiger partial charge is 0.488 e. The van der Waals surface area contributed by atoms with Crippen molar-refractivity contribution in [3.05, 3.63) is 51.2 Å². The lowest BCUT2D eigenvalue weighted by molar-refractivity contribution is 0.307. The van der Waals surface area contributed by atoms with Crippen LogP contribution in [0, 0.1) is 25.7 Å². The average Bonchev–Trinajstić information content (AvgIpc) is 2.85. The highest BCUT2D eigenvalue weighted by Crippen LogP contribution is 2.23. The molecule has 0 aliphatic carbocycles. The van der Waals surface area contributed by atoms with E-state index in [1.54, 1.807) is 11.3 Å². The lowest BCUT2D eigenvalue weighted by Crippen LogP contribution is -1.97. The van der Waals surface area contributed by atoms with Crippen LogP contribution in [0.5, 0.6) is 5.75 Å². The van der Waals surface area contributed by atoms with Crippen molar-refractivity contribution in [1.82, 2.24) is 0 Å². The molecule has 1 aromatic carbocycles. The molecule has 0 spiro atoms. The molecule has 2 rings (SSSR count). The van der Waals surface area contributed by atoms with Crippen LogP contribution in [0.4, 0.5) is 0 Å². The molecule has 1 N–H and O–H groups in total. The quantitative estimate of drug-likeness (QED) is 0.869. The standard InChI is InChI=1S/C16H16O2S/c1-12-5-6-13(2)15(10-12)18-11-16-14(4-3-8-17)7-9-19-16/h5-7,9-10,17H,8,11H2,1-2H3. The van der Waals surface area contributed by atoms with E-state index < -0.39 is 0 Å². The Balaban J connectivity index is 2.10. The smallest absolute Gasteiger partial charge is 0.124 e. The van der Waals surface area contributed by atoms with Crippen LogP contribution in [-0.2, 0) is 6.61 Å². The van der Waals surface area contributed by atoms with Gasteiger partial charge >= 0.3 is 0 Å². The maximum absolute atomic E-state index is 8.73. The van der Waals surface area contributed by atoms with Crippen molar-refractivity contribution in [1.29, 1.82) is 0 Å². The predicted molar refractivity (Wildman–Crippen MR) is 78.5 cm³/mol. The monoisotopic (exact) mass is 272 g/mol. The van der Waals surface area contributed by atoms with Crippen molar-refractivity contribution in [2.45, 2.75) is 20.5 Å². The van der Waals surface area contributed by atoms with Crippen molar-refractivity contribution < 1.29 is 9.84 Å². The summed E-state index contributed by atoms with van der Waals surface area (Å²) < 4.78 is 5.86. The lowest BCUT2D eigenvalue weighted by atomic mass is 10.1. The Morgan fingerprint density at radius 1 is 1.26 bits per heavy atom. The zero-order valence-corrected chi connectivity index (χ0v) is 11.9. The molecule has 1 aromatic heterocycles. The van der Waals surface area contributed by atoms with E-state index in [0.717, 1.165) is 21.8 Å². The van der Waals surface area contributed by atoms with E-state index >= 15 is 0 Å². The number of hydrogen-bond donors (Lipinski definition) is 1. The van der Waals surface area contributed by atoms with E-state index in [1.165, 1.54) is 5.56 Å². The zero-order valence-electron chi connectivity index (χ0n) is 11.1. The highest BCUT2D eigenvalue weighted by molar-refractivity contribution is 7.10. The van der Waals surface area contributed by atoms with Crippen molar-refractivity contribution >= 4 is 11.3 Å². The molecule has 0 fully saturated rings. The summed E-state index contributed by atoms with van der Waals surface area (Å²) in [5.74, 6) is 6.51. The van der Waals surface area contributed by atoms with Crippen LogP contribution in [0.15, 0.2) is 29.6 Å². The first-order valence-corrected chi connectivity index (χ1v) is 6.95. The Kier molecular flexibility index (Phi) is 4.62. The van der Waals surface area contributed by atoms with Crippen LogP contribution in [0.1, 0.15) is 21.6 Å². The second kappa shape index (κ2) is 6.42. The number of hydrogen-bond acceptors (Lipinski definition) is 3. The van der Waals surface area contributed by atoms with Crippen LogP contribution in [0.3, 0.4) is 0 Å². The van der Waals surface area contributed by atoms with Crippen molar-refractivity contribution in [2.75, 3.05) is 6.61 Å². The fourth-order valence-electron chi connectivity index (χ4n) is 1.70. The molecule has 0 saturated heterocycles. The van der Waals surface area contributed by atoms with E-state index in [4.69, 9.17) is 9.84 Å². The molecule has 0 amide bonds. The van der Waals surface area contributed by atoms with E-state index in [9.17, 15) is 0 Å². The summed E-state index contributed by atoms with van der Waals surface area (Å²) >= 11 is 1.62. The summed E-state index contributed by atoms with van der Waals surface area (Å²) in [4.78, 5) is 1.09. The van der Waals surface area contributed by atoms with Gasteiger partial charge in [-0.2, -0.15) is 0 Å². The first kappa shape index (κ1) is 13.7. The van der Waals surface area contributed by atoms with Crippen LogP contribution >= 0.6 is 11.3 Å². The van der Waals surface area contributed by atoms with Gasteiger partial charge in [-0.25, -0.2) is 0 Å². The highest BCUT2D eigenvalue weighted by Gasteiger charge is 2.05. The molecule has 0 atom stereocenters. The first-order valence-electron chi connectivity index (χ1n) is 6.07. The van der Waals surface area contributed by atoms with Crippen molar-refractivity contribution in [2.24, 2.45) is 0 Å². The topological polar surface area (TPSA) is 29.5 Å². The number of aliphatic hydroxyl groups is 1. The van der Waals surface area contributed by atoms with Gasteiger partial charge in [0, 0.05) is 5.56 Å². The maximum Gasteiger partial charge on any atom is 0.124 e. The Bertz CT molecular complexity index is 617. The third-order valence-electron chi connectivity index (χ3n) is 2.75. The van der Waals surface area contributed by atoms with Gasteiger partial charge in [-0.1, -0.05) is 24.0 Å². The summed E-state index contributed by atoms with van der Waals surface area (Å²) in [6, 6.07) is 8.13. The zero-order chi connectivity index (χ0) is 13.7. The average molecular weight is 272 g/mol. The van der Waals surface area contributed by atoms with Crippen LogP contribution in [-0.4, -0.2) is 11.7 Å². The van der Waals surface area contributed by atoms with Gasteiger partial charge in [0.2, 0.25) is 0 Å². The Morgan fingerprint density at radius 2 is 2.11 bits per heavy atom. The first-order chi connectivity index (χ1) is 9.20. The Hall–Kier alpha value is -1.76. The van der Waals surface area contributed by atoms with Gasteiger partial charge in [0.05, 0.1) is 4.88 Å². The lowest BCUT2D eigenvalue weighted by Gasteiger charge is -2.09. The molecule has 3 heteroatoms. The van der Waals surface area contributed by atoms with Crippen molar-refractivity contribution in [3.63, 3.8) is 0 Å². The van der Waals surface area contributed by atoms with Crippen LogP contribution < -0.4 is 4.74 Å². The van der Waals surface area contributed by atoms with Gasteiger partial charge in [0.15, 0.2) is 0 Å². The molecule has 2 aromatic rings. The second-order valence-corrected chi connectivity index (χ2v) is 5.28. The summed E-state index contributed by atoms with van der Waals surface area (Å²) in [5, 5.41) is 10.7. The Labute approximate surface area is 117 Å². The summed E-state index contributed by atoms with van der Waals surface area (Å²) in [7, 11) is 0. The minimum atomic E-state index is -0.118. The van der Waals surface area contributed by atoms with Gasteiger partial charge in [-0.3, -0.25) is 0 Å². The molecule has 0 radical (unpaired) electrons. The molecule has 98 valence electrons. The molecule has 0 saturated carbocycles. The van der Waals surface area contributed by atoms with Gasteiger partial charge in [0.1, 0.15) is 19.0 Å². The van der Waals surface area contributed by atoms with Gasteiger partial charge in [-0.05, 0) is 42.5 Å². The molecule has 0 unspecified atom stereocenters. The third kappa shape index (κ3) is 3.60. The van der Waals surface area contributed by atoms with Gasteiger partial charge in [-0.15, -0.1) is 11.3 Å². The van der Waals surface area contributed by atoms with Crippen LogP contribution in [0.25, 0.3) is 0 Å². The van der Waals surface area contributed by atoms with E-state index in [1.807, 2.05) is 24.4 Å². The SMILES string of the molecule is Cc1ccc(C)c(OCc2sccc2C#CCO)c1. The van der Waals surface area contributed by atoms with E-state index in [2.05, 4.69) is 30.9 Å². The molecule has 19 heavy (non-hydrogen) atoms. The minimum absolute atomic E-state index is 0.118. The normalized spacial score (nSPS) is 9.84. The fourth-order valence-corrected chi connectivity index (χ4v) is 2.45. The predicted octanol–water partition coefficient (Wildman–Crippen LogP) is 3.29. The summed E-state index contributed by atoms with van der Waals surface area (Å²) in [6.45, 7) is 4.48. The van der Waals surface area contributed by atoms with Gasteiger partial charge in [0.25, 0.3) is 0 Å². The molecule has 0 aliphatic rings. The Morgan fingerprint density at radius 3 is 2.89 bits per heavy atom. The number of aliphatic hydroxyl groups excluding tert-OH is 1. The number of ether oxygens (including phenoxy) is 1. The van der Waals surface area contributed by atoms with Crippen molar-refractivity contribution in [3.8, 4) is 17.6 Å².